The first-order valence-electron chi connectivity index (χ1n) is 7.08. The lowest BCUT2D eigenvalue weighted by molar-refractivity contribution is 0.281. The zero-order valence-electron chi connectivity index (χ0n) is 12.4. The second-order valence-electron chi connectivity index (χ2n) is 5.95. The lowest BCUT2D eigenvalue weighted by Crippen LogP contribution is -2.42. The van der Waals surface area contributed by atoms with Gasteiger partial charge in [-0.1, -0.05) is 19.1 Å². The highest BCUT2D eigenvalue weighted by atomic mass is 32.2. The highest BCUT2D eigenvalue weighted by molar-refractivity contribution is 7.89. The average Bonchev–Trinajstić information content (AvgIpc) is 2.78. The Morgan fingerprint density at radius 2 is 2.05 bits per heavy atom. The maximum atomic E-state index is 12.9. The number of hydrogen-bond acceptors (Lipinski definition) is 3. The molecule has 0 aromatic heterocycles. The van der Waals surface area contributed by atoms with Crippen molar-refractivity contribution in [2.45, 2.75) is 57.1 Å². The third-order valence-electron chi connectivity index (χ3n) is 4.09. The Labute approximate surface area is 121 Å². The van der Waals surface area contributed by atoms with E-state index >= 15 is 0 Å². The van der Waals surface area contributed by atoms with Gasteiger partial charge in [0.15, 0.2) is 0 Å². The Balaban J connectivity index is 2.54. The van der Waals surface area contributed by atoms with Gasteiger partial charge in [0.25, 0.3) is 0 Å². The Morgan fingerprint density at radius 1 is 1.35 bits per heavy atom. The Hall–Kier alpha value is -0.910. The van der Waals surface area contributed by atoms with Crippen molar-refractivity contribution in [3.8, 4) is 0 Å². The third kappa shape index (κ3) is 2.62. The van der Waals surface area contributed by atoms with Crippen molar-refractivity contribution < 1.29 is 13.5 Å². The van der Waals surface area contributed by atoms with Crippen LogP contribution < -0.4 is 0 Å². The molecule has 2 rings (SSSR count). The van der Waals surface area contributed by atoms with Crippen LogP contribution in [0.1, 0.15) is 44.7 Å². The van der Waals surface area contributed by atoms with Gasteiger partial charge in [0, 0.05) is 12.1 Å². The summed E-state index contributed by atoms with van der Waals surface area (Å²) in [6, 6.07) is 5.21. The van der Waals surface area contributed by atoms with Gasteiger partial charge in [-0.3, -0.25) is 0 Å². The van der Waals surface area contributed by atoms with Gasteiger partial charge in [-0.2, -0.15) is 4.31 Å². The quantitative estimate of drug-likeness (QED) is 0.928. The molecule has 1 fully saturated rings. The number of hydrogen-bond donors (Lipinski definition) is 1. The van der Waals surface area contributed by atoms with Gasteiger partial charge in [0.05, 0.1) is 11.5 Å². The van der Waals surface area contributed by atoms with Crippen molar-refractivity contribution in [2.24, 2.45) is 0 Å². The normalized spacial score (nSPS) is 19.4. The third-order valence-corrected chi connectivity index (χ3v) is 6.28. The molecule has 20 heavy (non-hydrogen) atoms. The number of sulfonamides is 1. The van der Waals surface area contributed by atoms with Crippen LogP contribution in [0, 0.1) is 0 Å². The zero-order chi connectivity index (χ0) is 15.0. The predicted molar refractivity (Wildman–Crippen MR) is 78.9 cm³/mol. The van der Waals surface area contributed by atoms with Gasteiger partial charge in [-0.15, -0.1) is 0 Å². The zero-order valence-corrected chi connectivity index (χ0v) is 13.2. The maximum absolute atomic E-state index is 12.9. The van der Waals surface area contributed by atoms with Gasteiger partial charge in [0.1, 0.15) is 0 Å². The van der Waals surface area contributed by atoms with Crippen LogP contribution >= 0.6 is 0 Å². The van der Waals surface area contributed by atoms with E-state index in [1.165, 1.54) is 0 Å². The maximum Gasteiger partial charge on any atom is 0.243 e. The smallest absolute Gasteiger partial charge is 0.243 e. The van der Waals surface area contributed by atoms with Crippen LogP contribution in [-0.4, -0.2) is 29.9 Å². The summed E-state index contributed by atoms with van der Waals surface area (Å²) in [5.74, 6) is 0. The molecule has 1 heterocycles. The molecule has 0 atom stereocenters. The van der Waals surface area contributed by atoms with E-state index in [-0.39, 0.29) is 12.1 Å². The molecule has 112 valence electrons. The number of aliphatic hydroxyl groups excluding tert-OH is 1. The molecule has 1 aromatic rings. The fourth-order valence-corrected chi connectivity index (χ4v) is 5.07. The van der Waals surface area contributed by atoms with Crippen LogP contribution in [-0.2, 0) is 23.1 Å². The summed E-state index contributed by atoms with van der Waals surface area (Å²) in [5, 5.41) is 9.25. The molecule has 5 heteroatoms. The first-order valence-corrected chi connectivity index (χ1v) is 8.52. The van der Waals surface area contributed by atoms with Crippen molar-refractivity contribution in [1.82, 2.24) is 4.31 Å². The molecule has 1 aliphatic rings. The first kappa shape index (κ1) is 15.5. The van der Waals surface area contributed by atoms with Gasteiger partial charge >= 0.3 is 0 Å². The van der Waals surface area contributed by atoms with E-state index in [0.29, 0.717) is 23.4 Å². The molecule has 0 unspecified atom stereocenters. The predicted octanol–water partition coefficient (Wildman–Crippen LogP) is 2.30. The van der Waals surface area contributed by atoms with Crippen LogP contribution in [0.3, 0.4) is 0 Å². The monoisotopic (exact) mass is 297 g/mol. The Bertz CT molecular complexity index is 593. The summed E-state index contributed by atoms with van der Waals surface area (Å²) < 4.78 is 27.5. The largest absolute Gasteiger partial charge is 0.392 e. The number of aliphatic hydroxyl groups is 1. The summed E-state index contributed by atoms with van der Waals surface area (Å²) in [4.78, 5) is 0.349. The fourth-order valence-electron chi connectivity index (χ4n) is 2.88. The number of nitrogens with zero attached hydrogens (tertiary/aromatic N) is 1. The molecule has 0 radical (unpaired) electrons. The summed E-state index contributed by atoms with van der Waals surface area (Å²) in [6.45, 7) is 6.32. The molecule has 4 nitrogen and oxygen atoms in total. The molecule has 0 saturated carbocycles. The van der Waals surface area contributed by atoms with Gasteiger partial charge in [-0.25, -0.2) is 8.42 Å². The van der Waals surface area contributed by atoms with Crippen LogP contribution in [0.5, 0.6) is 0 Å². The number of benzene rings is 1. The minimum absolute atomic E-state index is 0.143. The lowest BCUT2D eigenvalue weighted by Gasteiger charge is -2.31. The summed E-state index contributed by atoms with van der Waals surface area (Å²) in [6.07, 6.45) is 2.44. The van der Waals surface area contributed by atoms with Crippen LogP contribution in [0.15, 0.2) is 23.1 Å². The van der Waals surface area contributed by atoms with Crippen molar-refractivity contribution in [3.05, 3.63) is 29.3 Å². The summed E-state index contributed by atoms with van der Waals surface area (Å²) in [7, 11) is -3.50. The standard InChI is InChI=1S/C15H23NO3S/c1-4-13-7-6-12(11-17)10-14(13)20(18,19)16-9-5-8-15(16,2)3/h6-7,10,17H,4-5,8-9,11H2,1-3H3. The van der Waals surface area contributed by atoms with Crippen LogP contribution in [0.25, 0.3) is 0 Å². The Morgan fingerprint density at radius 3 is 2.55 bits per heavy atom. The first-order chi connectivity index (χ1) is 9.32. The molecular weight excluding hydrogens is 274 g/mol. The van der Waals surface area contributed by atoms with Crippen molar-refractivity contribution in [2.75, 3.05) is 6.54 Å². The van der Waals surface area contributed by atoms with Crippen LogP contribution in [0.2, 0.25) is 0 Å². The molecule has 1 aliphatic heterocycles. The molecular formula is C15H23NO3S. The van der Waals surface area contributed by atoms with Crippen LogP contribution in [0.4, 0.5) is 0 Å². The van der Waals surface area contributed by atoms with E-state index < -0.39 is 10.0 Å². The van der Waals surface area contributed by atoms with E-state index in [9.17, 15) is 13.5 Å². The van der Waals surface area contributed by atoms with Crippen molar-refractivity contribution >= 4 is 10.0 Å². The fraction of sp³-hybridized carbons (Fsp3) is 0.600. The second-order valence-corrected chi connectivity index (χ2v) is 7.78. The van der Waals surface area contributed by atoms with Crippen molar-refractivity contribution in [1.29, 1.82) is 0 Å². The van der Waals surface area contributed by atoms with E-state index in [1.807, 2.05) is 26.8 Å². The Kier molecular flexibility index (Phi) is 4.23. The summed E-state index contributed by atoms with van der Waals surface area (Å²) in [5.41, 5.74) is 1.11. The molecule has 1 aromatic carbocycles. The van der Waals surface area contributed by atoms with E-state index in [2.05, 4.69) is 0 Å². The molecule has 0 amide bonds. The molecule has 1 saturated heterocycles. The highest BCUT2D eigenvalue weighted by Gasteiger charge is 2.41. The van der Waals surface area contributed by atoms with Crippen molar-refractivity contribution in [3.63, 3.8) is 0 Å². The minimum atomic E-state index is -3.50. The van der Waals surface area contributed by atoms with E-state index in [1.54, 1.807) is 16.4 Å². The topological polar surface area (TPSA) is 57.6 Å². The van der Waals surface area contributed by atoms with Gasteiger partial charge < -0.3 is 5.11 Å². The van der Waals surface area contributed by atoms with Gasteiger partial charge in [0.2, 0.25) is 10.0 Å². The molecule has 0 spiro atoms. The average molecular weight is 297 g/mol. The molecule has 1 N–H and O–H groups in total. The van der Waals surface area contributed by atoms with Gasteiger partial charge in [-0.05, 0) is 50.3 Å². The number of aryl methyl sites for hydroxylation is 1. The SMILES string of the molecule is CCc1ccc(CO)cc1S(=O)(=O)N1CCCC1(C)C. The number of rotatable bonds is 4. The minimum Gasteiger partial charge on any atom is -0.392 e. The highest BCUT2D eigenvalue weighted by Crippen LogP contribution is 2.35. The van der Waals surface area contributed by atoms with E-state index in [4.69, 9.17) is 0 Å². The lowest BCUT2D eigenvalue weighted by atomic mass is 10.0. The molecule has 0 aliphatic carbocycles. The molecule has 0 bridgehead atoms. The summed E-state index contributed by atoms with van der Waals surface area (Å²) >= 11 is 0. The van der Waals surface area contributed by atoms with E-state index in [0.717, 1.165) is 18.4 Å². The second kappa shape index (κ2) is 5.47.